The van der Waals surface area contributed by atoms with Crippen LogP contribution >= 0.6 is 15.9 Å². The second-order valence-corrected chi connectivity index (χ2v) is 5.41. The molecule has 1 unspecified atom stereocenters. The molecular weight excluding hydrogens is 268 g/mol. The quantitative estimate of drug-likeness (QED) is 0.795. The van der Waals surface area contributed by atoms with E-state index in [1.165, 1.54) is 19.5 Å². The van der Waals surface area contributed by atoms with Crippen molar-refractivity contribution in [1.29, 1.82) is 0 Å². The summed E-state index contributed by atoms with van der Waals surface area (Å²) in [6, 6.07) is 0.395. The van der Waals surface area contributed by atoms with Crippen LogP contribution in [0.5, 0.6) is 0 Å². The fourth-order valence-corrected chi connectivity index (χ4v) is 2.73. The minimum Gasteiger partial charge on any atom is -0.296 e. The number of nitrogens with zero attached hydrogens (tertiary/aromatic N) is 4. The first-order chi connectivity index (χ1) is 7.70. The highest BCUT2D eigenvalue weighted by atomic mass is 79.9. The summed E-state index contributed by atoms with van der Waals surface area (Å²) >= 11 is 3.56. The number of alkyl halides is 1. The average Bonchev–Trinajstić information content (AvgIpc) is 2.87. The van der Waals surface area contributed by atoms with Gasteiger partial charge in [-0.25, -0.2) is 9.67 Å². The van der Waals surface area contributed by atoms with Crippen molar-refractivity contribution in [1.82, 2.24) is 19.7 Å². The van der Waals surface area contributed by atoms with E-state index >= 15 is 0 Å². The summed E-state index contributed by atoms with van der Waals surface area (Å²) in [6.45, 7) is 7.58. The summed E-state index contributed by atoms with van der Waals surface area (Å²) in [6.07, 6.45) is 2.95. The lowest BCUT2D eigenvalue weighted by Gasteiger charge is -2.16. The van der Waals surface area contributed by atoms with Crippen molar-refractivity contribution in [3.8, 4) is 0 Å². The van der Waals surface area contributed by atoms with E-state index < -0.39 is 0 Å². The Bertz CT molecular complexity index is 336. The molecule has 1 atom stereocenters. The fraction of sp³-hybridized carbons (Fsp3) is 0.818. The van der Waals surface area contributed by atoms with Gasteiger partial charge in [0.1, 0.15) is 12.2 Å². The molecule has 0 aromatic carbocycles. The number of hydrogen-bond acceptors (Lipinski definition) is 3. The standard InChI is InChI=1S/C11H19BrN4/c1-9(2)16-11(13-8-14-16)7-15-4-3-10(5-12)6-15/h8-10H,3-7H2,1-2H3. The van der Waals surface area contributed by atoms with Crippen molar-refractivity contribution in [2.24, 2.45) is 5.92 Å². The monoisotopic (exact) mass is 286 g/mol. The second-order valence-electron chi connectivity index (χ2n) is 4.76. The zero-order chi connectivity index (χ0) is 11.5. The average molecular weight is 287 g/mol. The van der Waals surface area contributed by atoms with Crippen LogP contribution in [-0.4, -0.2) is 38.1 Å². The zero-order valence-electron chi connectivity index (χ0n) is 9.93. The van der Waals surface area contributed by atoms with Crippen molar-refractivity contribution >= 4 is 15.9 Å². The number of hydrogen-bond donors (Lipinski definition) is 0. The highest BCUT2D eigenvalue weighted by molar-refractivity contribution is 9.09. The number of likely N-dealkylation sites (tertiary alicyclic amines) is 1. The SMILES string of the molecule is CC(C)n1ncnc1CN1CCC(CBr)C1. The first-order valence-electron chi connectivity index (χ1n) is 5.87. The van der Waals surface area contributed by atoms with Gasteiger partial charge in [0.15, 0.2) is 0 Å². The lowest BCUT2D eigenvalue weighted by atomic mass is 10.2. The van der Waals surface area contributed by atoms with E-state index in [4.69, 9.17) is 0 Å². The molecule has 2 heterocycles. The minimum absolute atomic E-state index is 0.395. The van der Waals surface area contributed by atoms with E-state index in [-0.39, 0.29) is 0 Å². The van der Waals surface area contributed by atoms with Crippen molar-refractivity contribution in [2.75, 3.05) is 18.4 Å². The third-order valence-electron chi connectivity index (χ3n) is 3.09. The van der Waals surface area contributed by atoms with Crippen LogP contribution in [-0.2, 0) is 6.54 Å². The summed E-state index contributed by atoms with van der Waals surface area (Å²) in [5.41, 5.74) is 0. The molecule has 1 fully saturated rings. The van der Waals surface area contributed by atoms with Gasteiger partial charge in [0.05, 0.1) is 6.54 Å². The summed E-state index contributed by atoms with van der Waals surface area (Å²) in [5, 5.41) is 5.38. The Morgan fingerprint density at radius 2 is 2.38 bits per heavy atom. The van der Waals surface area contributed by atoms with Crippen LogP contribution in [0.3, 0.4) is 0 Å². The molecule has 1 saturated heterocycles. The maximum atomic E-state index is 4.35. The Kier molecular flexibility index (Phi) is 3.97. The second kappa shape index (κ2) is 5.27. The summed E-state index contributed by atoms with van der Waals surface area (Å²) in [5.74, 6) is 1.89. The number of aromatic nitrogens is 3. The molecule has 1 aliphatic heterocycles. The topological polar surface area (TPSA) is 34.0 Å². The molecule has 1 aliphatic rings. The highest BCUT2D eigenvalue weighted by Crippen LogP contribution is 2.20. The number of halogens is 1. The van der Waals surface area contributed by atoms with E-state index in [0.717, 1.165) is 23.6 Å². The van der Waals surface area contributed by atoms with E-state index in [2.05, 4.69) is 44.8 Å². The molecule has 1 aromatic heterocycles. The van der Waals surface area contributed by atoms with Crippen molar-refractivity contribution in [3.05, 3.63) is 12.2 Å². The fourth-order valence-electron chi connectivity index (χ4n) is 2.20. The molecule has 0 N–H and O–H groups in total. The Balaban J connectivity index is 1.96. The minimum atomic E-state index is 0.395. The molecule has 0 spiro atoms. The van der Waals surface area contributed by atoms with E-state index in [0.29, 0.717) is 6.04 Å². The zero-order valence-corrected chi connectivity index (χ0v) is 11.5. The predicted octanol–water partition coefficient (Wildman–Crippen LogP) is 2.08. The van der Waals surface area contributed by atoms with Gasteiger partial charge in [-0.2, -0.15) is 5.10 Å². The van der Waals surface area contributed by atoms with E-state index in [1.54, 1.807) is 6.33 Å². The van der Waals surface area contributed by atoms with Crippen LogP contribution in [0.4, 0.5) is 0 Å². The Hall–Kier alpha value is -0.420. The molecular formula is C11H19BrN4. The van der Waals surface area contributed by atoms with Gasteiger partial charge in [-0.3, -0.25) is 4.90 Å². The first-order valence-corrected chi connectivity index (χ1v) is 6.99. The van der Waals surface area contributed by atoms with Crippen molar-refractivity contribution in [3.63, 3.8) is 0 Å². The Morgan fingerprint density at radius 1 is 1.56 bits per heavy atom. The number of rotatable bonds is 4. The van der Waals surface area contributed by atoms with E-state index in [1.807, 2.05) is 4.68 Å². The van der Waals surface area contributed by atoms with Gasteiger partial charge in [0, 0.05) is 17.9 Å². The maximum Gasteiger partial charge on any atom is 0.141 e. The lowest BCUT2D eigenvalue weighted by molar-refractivity contribution is 0.300. The van der Waals surface area contributed by atoms with Gasteiger partial charge in [-0.05, 0) is 32.7 Å². The van der Waals surface area contributed by atoms with Crippen LogP contribution in [0.2, 0.25) is 0 Å². The van der Waals surface area contributed by atoms with Gasteiger partial charge in [0.2, 0.25) is 0 Å². The third kappa shape index (κ3) is 2.63. The van der Waals surface area contributed by atoms with Crippen LogP contribution in [0.1, 0.15) is 32.1 Å². The summed E-state index contributed by atoms with van der Waals surface area (Å²) in [4.78, 5) is 6.82. The molecule has 0 bridgehead atoms. The molecule has 5 heteroatoms. The largest absolute Gasteiger partial charge is 0.296 e. The van der Waals surface area contributed by atoms with Crippen LogP contribution in [0, 0.1) is 5.92 Å². The summed E-state index contributed by atoms with van der Waals surface area (Å²) in [7, 11) is 0. The smallest absolute Gasteiger partial charge is 0.141 e. The van der Waals surface area contributed by atoms with Gasteiger partial charge in [-0.1, -0.05) is 15.9 Å². The lowest BCUT2D eigenvalue weighted by Crippen LogP contribution is -2.23. The molecule has 90 valence electrons. The Morgan fingerprint density at radius 3 is 3.00 bits per heavy atom. The van der Waals surface area contributed by atoms with Crippen LogP contribution in [0.15, 0.2) is 6.33 Å². The molecule has 0 radical (unpaired) electrons. The molecule has 1 aromatic rings. The van der Waals surface area contributed by atoms with Gasteiger partial charge in [0.25, 0.3) is 0 Å². The predicted molar refractivity (Wildman–Crippen MR) is 67.6 cm³/mol. The summed E-state index contributed by atoms with van der Waals surface area (Å²) < 4.78 is 2.02. The van der Waals surface area contributed by atoms with Crippen molar-refractivity contribution < 1.29 is 0 Å². The van der Waals surface area contributed by atoms with Crippen LogP contribution in [0.25, 0.3) is 0 Å². The Labute approximate surface area is 105 Å². The van der Waals surface area contributed by atoms with Gasteiger partial charge < -0.3 is 0 Å². The first kappa shape index (κ1) is 12.0. The molecule has 0 amide bonds. The maximum absolute atomic E-state index is 4.35. The third-order valence-corrected chi connectivity index (χ3v) is 4.01. The highest BCUT2D eigenvalue weighted by Gasteiger charge is 2.23. The van der Waals surface area contributed by atoms with Gasteiger partial charge in [-0.15, -0.1) is 0 Å². The molecule has 4 nitrogen and oxygen atoms in total. The molecule has 0 saturated carbocycles. The normalized spacial score (nSPS) is 22.1. The molecule has 16 heavy (non-hydrogen) atoms. The molecule has 2 rings (SSSR count). The van der Waals surface area contributed by atoms with Crippen LogP contribution < -0.4 is 0 Å². The van der Waals surface area contributed by atoms with Gasteiger partial charge >= 0.3 is 0 Å². The molecule has 0 aliphatic carbocycles. The van der Waals surface area contributed by atoms with E-state index in [9.17, 15) is 0 Å². The van der Waals surface area contributed by atoms with Crippen molar-refractivity contribution in [2.45, 2.75) is 32.9 Å².